The van der Waals surface area contributed by atoms with Gasteiger partial charge in [0.15, 0.2) is 12.6 Å². The van der Waals surface area contributed by atoms with Crippen LogP contribution in [0.4, 0.5) is 35.1 Å². The van der Waals surface area contributed by atoms with E-state index in [1.54, 1.807) is 0 Å². The van der Waals surface area contributed by atoms with Crippen LogP contribution in [0.25, 0.3) is 16.9 Å². The first-order valence-corrected chi connectivity index (χ1v) is 11.2. The Hall–Kier alpha value is -3.31. The number of amides is 1. The first-order chi connectivity index (χ1) is 17.6. The molecule has 4 rings (SSSR count). The molecule has 0 aliphatic heterocycles. The molecule has 38 heavy (non-hydrogen) atoms. The number of nitrogens with one attached hydrogen (secondary N) is 1. The summed E-state index contributed by atoms with van der Waals surface area (Å²) in [6.07, 6.45) is -9.89. The predicted octanol–water partition coefficient (Wildman–Crippen LogP) is 6.65. The standard InChI is InChI=1S/C22H13Cl2F8N5O/c23-14-2-1-11(5-13(14)17(38)35-19(9-33)3-4-19)12-7-34-37(8-12)18-15(24)6-16(36(18)10-25)20(26,21(27,28)29)22(30,31)32/h1-2,5-8H,3-4,10H2,(H,35,38). The maximum Gasteiger partial charge on any atom is 0.437 e. The highest BCUT2D eigenvalue weighted by Gasteiger charge is 2.75. The van der Waals surface area contributed by atoms with E-state index < -0.39 is 52.8 Å². The molecule has 0 radical (unpaired) electrons. The third-order valence-electron chi connectivity index (χ3n) is 5.94. The van der Waals surface area contributed by atoms with Gasteiger partial charge in [-0.05, 0) is 36.6 Å². The van der Waals surface area contributed by atoms with Gasteiger partial charge in [0.2, 0.25) is 0 Å². The van der Waals surface area contributed by atoms with Gasteiger partial charge in [-0.15, -0.1) is 0 Å². The van der Waals surface area contributed by atoms with Gasteiger partial charge in [0.05, 0.1) is 33.6 Å². The summed E-state index contributed by atoms with van der Waals surface area (Å²) in [7, 11) is 0. The van der Waals surface area contributed by atoms with Gasteiger partial charge in [-0.2, -0.15) is 36.7 Å². The summed E-state index contributed by atoms with van der Waals surface area (Å²) in [5, 5.41) is 14.7. The van der Waals surface area contributed by atoms with Crippen molar-refractivity contribution in [3.05, 3.63) is 58.0 Å². The Kier molecular flexibility index (Phi) is 6.68. The summed E-state index contributed by atoms with van der Waals surface area (Å²) >= 11 is 12.0. The topological polar surface area (TPSA) is 75.6 Å². The molecule has 1 aliphatic rings. The zero-order valence-electron chi connectivity index (χ0n) is 18.6. The lowest BCUT2D eigenvalue weighted by Crippen LogP contribution is -2.51. The van der Waals surface area contributed by atoms with E-state index in [1.165, 1.54) is 18.2 Å². The second kappa shape index (κ2) is 9.16. The quantitative estimate of drug-likeness (QED) is 0.329. The van der Waals surface area contributed by atoms with Crippen molar-refractivity contribution in [1.82, 2.24) is 19.7 Å². The van der Waals surface area contributed by atoms with Gasteiger partial charge < -0.3 is 5.32 Å². The van der Waals surface area contributed by atoms with Crippen LogP contribution in [0.2, 0.25) is 10.0 Å². The molecule has 1 fully saturated rings. The molecule has 202 valence electrons. The van der Waals surface area contributed by atoms with Crippen LogP contribution >= 0.6 is 23.2 Å². The molecule has 0 saturated heterocycles. The Bertz CT molecular complexity index is 1440. The Morgan fingerprint density at radius 3 is 2.21 bits per heavy atom. The average molecular weight is 586 g/mol. The van der Waals surface area contributed by atoms with E-state index in [1.807, 2.05) is 6.07 Å². The van der Waals surface area contributed by atoms with Crippen molar-refractivity contribution in [2.75, 3.05) is 0 Å². The Morgan fingerprint density at radius 2 is 1.68 bits per heavy atom. The molecule has 1 aliphatic carbocycles. The fraction of sp³-hybridized carbons (Fsp3) is 0.318. The predicted molar refractivity (Wildman–Crippen MR) is 118 cm³/mol. The molecule has 2 heterocycles. The monoisotopic (exact) mass is 585 g/mol. The number of nitriles is 1. The first kappa shape index (κ1) is 27.7. The lowest BCUT2D eigenvalue weighted by atomic mass is 10.0. The van der Waals surface area contributed by atoms with Gasteiger partial charge in [0.1, 0.15) is 5.54 Å². The maximum absolute atomic E-state index is 14.7. The van der Waals surface area contributed by atoms with Gasteiger partial charge in [-0.1, -0.05) is 29.3 Å². The van der Waals surface area contributed by atoms with E-state index in [2.05, 4.69) is 10.4 Å². The van der Waals surface area contributed by atoms with Crippen molar-refractivity contribution in [2.45, 2.75) is 43.2 Å². The van der Waals surface area contributed by atoms with Crippen molar-refractivity contribution in [2.24, 2.45) is 0 Å². The summed E-state index contributed by atoms with van der Waals surface area (Å²) in [5.74, 6) is -1.46. The smallest absolute Gasteiger partial charge is 0.334 e. The summed E-state index contributed by atoms with van der Waals surface area (Å²) < 4.78 is 109. The molecular formula is C22H13Cl2F8N5O. The van der Waals surface area contributed by atoms with E-state index >= 15 is 0 Å². The lowest BCUT2D eigenvalue weighted by molar-refractivity contribution is -0.350. The number of halogens is 10. The number of carbonyl (C=O) groups is 1. The Morgan fingerprint density at radius 1 is 1.05 bits per heavy atom. The molecule has 16 heteroatoms. The van der Waals surface area contributed by atoms with Gasteiger partial charge in [-0.25, -0.2) is 13.5 Å². The molecule has 1 aromatic carbocycles. The Labute approximate surface area is 218 Å². The normalized spacial score (nSPS) is 15.3. The number of benzene rings is 1. The van der Waals surface area contributed by atoms with Crippen LogP contribution in [-0.4, -0.2) is 38.1 Å². The molecule has 0 atom stereocenters. The summed E-state index contributed by atoms with van der Waals surface area (Å²) in [6, 6.07) is 6.10. The minimum absolute atomic E-state index is 0.0246. The fourth-order valence-electron chi connectivity index (χ4n) is 3.74. The molecular weight excluding hydrogens is 573 g/mol. The van der Waals surface area contributed by atoms with Crippen LogP contribution in [0, 0.1) is 11.3 Å². The zero-order chi connectivity index (χ0) is 28.3. The molecule has 1 saturated carbocycles. The third kappa shape index (κ3) is 4.47. The van der Waals surface area contributed by atoms with E-state index in [9.17, 15) is 45.2 Å². The number of carbonyl (C=O) groups excluding carboxylic acids is 1. The van der Waals surface area contributed by atoms with Crippen LogP contribution in [0.5, 0.6) is 0 Å². The van der Waals surface area contributed by atoms with Crippen molar-refractivity contribution >= 4 is 29.1 Å². The molecule has 1 amide bonds. The van der Waals surface area contributed by atoms with Crippen molar-refractivity contribution in [3.8, 4) is 23.0 Å². The maximum atomic E-state index is 14.7. The van der Waals surface area contributed by atoms with Crippen LogP contribution in [0.15, 0.2) is 36.7 Å². The summed E-state index contributed by atoms with van der Waals surface area (Å²) in [6.45, 7) is -2.00. The van der Waals surface area contributed by atoms with E-state index in [4.69, 9.17) is 23.2 Å². The summed E-state index contributed by atoms with van der Waals surface area (Å²) in [4.78, 5) is 12.6. The van der Waals surface area contributed by atoms with E-state index in [-0.39, 0.29) is 32.3 Å². The van der Waals surface area contributed by atoms with Gasteiger partial charge in [0.25, 0.3) is 5.91 Å². The highest BCUT2D eigenvalue weighted by Crippen LogP contribution is 2.54. The fourth-order valence-corrected chi connectivity index (χ4v) is 4.23. The number of hydrogen-bond acceptors (Lipinski definition) is 3. The highest BCUT2D eigenvalue weighted by molar-refractivity contribution is 6.34. The third-order valence-corrected chi connectivity index (χ3v) is 6.55. The van der Waals surface area contributed by atoms with E-state index in [0.29, 0.717) is 17.5 Å². The van der Waals surface area contributed by atoms with Crippen molar-refractivity contribution in [3.63, 3.8) is 0 Å². The summed E-state index contributed by atoms with van der Waals surface area (Å²) in [5.41, 5.74) is -8.62. The Balaban J connectivity index is 1.75. The number of nitrogens with zero attached hydrogens (tertiary/aromatic N) is 4. The second-order valence-corrected chi connectivity index (χ2v) is 9.23. The minimum Gasteiger partial charge on any atom is -0.334 e. The first-order valence-electron chi connectivity index (χ1n) is 10.4. The largest absolute Gasteiger partial charge is 0.437 e. The number of hydrogen-bond donors (Lipinski definition) is 1. The average Bonchev–Trinajstić information content (AvgIpc) is 3.28. The second-order valence-electron chi connectivity index (χ2n) is 8.42. The number of rotatable bonds is 6. The van der Waals surface area contributed by atoms with Gasteiger partial charge in [-0.3, -0.25) is 9.36 Å². The number of alkyl halides is 8. The SMILES string of the molecule is N#CC1(NC(=O)c2cc(-c3cnn(-c4c(Cl)cc(C(F)(C(F)(F)F)C(F)(F)F)n4CF)c3)ccc2Cl)CC1. The van der Waals surface area contributed by atoms with Crippen LogP contribution in [0.3, 0.4) is 0 Å². The van der Waals surface area contributed by atoms with Crippen LogP contribution in [-0.2, 0) is 12.5 Å². The van der Waals surface area contributed by atoms with Crippen LogP contribution < -0.4 is 5.32 Å². The van der Waals surface area contributed by atoms with E-state index in [0.717, 1.165) is 12.4 Å². The van der Waals surface area contributed by atoms with Gasteiger partial charge in [0, 0.05) is 11.8 Å². The lowest BCUT2D eigenvalue weighted by Gasteiger charge is -2.30. The van der Waals surface area contributed by atoms with Crippen molar-refractivity contribution in [1.29, 1.82) is 5.26 Å². The highest BCUT2D eigenvalue weighted by atomic mass is 35.5. The molecule has 6 nitrogen and oxygen atoms in total. The van der Waals surface area contributed by atoms with Crippen molar-refractivity contribution < 1.29 is 39.9 Å². The molecule has 2 aromatic heterocycles. The molecule has 0 unspecified atom stereocenters. The minimum atomic E-state index is -6.49. The number of aromatic nitrogens is 3. The molecule has 0 bridgehead atoms. The zero-order valence-corrected chi connectivity index (χ0v) is 20.1. The molecule has 1 N–H and O–H groups in total. The molecule has 0 spiro atoms. The molecule has 3 aromatic rings. The van der Waals surface area contributed by atoms with Crippen LogP contribution in [0.1, 0.15) is 28.9 Å². The van der Waals surface area contributed by atoms with Gasteiger partial charge >= 0.3 is 18.0 Å².